The lowest BCUT2D eigenvalue weighted by Gasteiger charge is -2.10. The third-order valence-corrected chi connectivity index (χ3v) is 2.10. The van der Waals surface area contributed by atoms with Gasteiger partial charge in [0.1, 0.15) is 0 Å². The van der Waals surface area contributed by atoms with E-state index in [0.29, 0.717) is 0 Å². The van der Waals surface area contributed by atoms with E-state index in [9.17, 15) is 13.6 Å². The molecule has 0 saturated carbocycles. The molecule has 1 aromatic rings. The molecule has 1 N–H and O–H groups in total. The first-order valence-corrected chi connectivity index (χ1v) is 4.27. The predicted molar refractivity (Wildman–Crippen MR) is 51.0 cm³/mol. The van der Waals surface area contributed by atoms with Crippen molar-refractivity contribution in [2.75, 3.05) is 14.2 Å². The fraction of sp³-hybridized carbons (Fsp3) is 0.300. The van der Waals surface area contributed by atoms with Gasteiger partial charge in [0.2, 0.25) is 0 Å². The summed E-state index contributed by atoms with van der Waals surface area (Å²) < 4.78 is 31.3. The third-order valence-electron chi connectivity index (χ3n) is 2.10. The minimum Gasteiger partial charge on any atom is -0.491 e. The van der Waals surface area contributed by atoms with Crippen LogP contribution < -0.4 is 10.1 Å². The minimum atomic E-state index is -0.890. The summed E-state index contributed by atoms with van der Waals surface area (Å²) in [6.07, 6.45) is 0. The Hall–Kier alpha value is -1.65. The second-order valence-corrected chi connectivity index (χ2v) is 2.96. The Labute approximate surface area is 86.0 Å². The number of rotatable bonds is 2. The standard InChI is InChI=1S/C10H11F2NO2/c1-5-6(10(14)13-2)4-7(11)9(15-3)8(5)12/h4H,1-3H3,(H,13,14). The van der Waals surface area contributed by atoms with Gasteiger partial charge in [0, 0.05) is 18.2 Å². The molecular weight excluding hydrogens is 204 g/mol. The van der Waals surface area contributed by atoms with Crippen LogP contribution in [0.25, 0.3) is 0 Å². The van der Waals surface area contributed by atoms with Crippen molar-refractivity contribution in [2.45, 2.75) is 6.92 Å². The number of amides is 1. The molecule has 82 valence electrons. The van der Waals surface area contributed by atoms with Gasteiger partial charge >= 0.3 is 0 Å². The van der Waals surface area contributed by atoms with Crippen molar-refractivity contribution in [3.05, 3.63) is 28.8 Å². The van der Waals surface area contributed by atoms with Crippen LogP contribution in [-0.4, -0.2) is 20.1 Å². The first-order valence-electron chi connectivity index (χ1n) is 4.27. The number of benzene rings is 1. The van der Waals surface area contributed by atoms with E-state index < -0.39 is 23.3 Å². The number of hydrogen-bond donors (Lipinski definition) is 1. The van der Waals surface area contributed by atoms with Gasteiger partial charge in [-0.15, -0.1) is 0 Å². The molecule has 0 aliphatic heterocycles. The molecule has 0 saturated heterocycles. The summed E-state index contributed by atoms with van der Waals surface area (Å²) >= 11 is 0. The number of hydrogen-bond acceptors (Lipinski definition) is 2. The largest absolute Gasteiger partial charge is 0.491 e. The van der Waals surface area contributed by atoms with E-state index in [-0.39, 0.29) is 11.1 Å². The first-order chi connectivity index (χ1) is 7.02. The monoisotopic (exact) mass is 215 g/mol. The van der Waals surface area contributed by atoms with Gasteiger partial charge in [0.15, 0.2) is 17.4 Å². The molecule has 0 aliphatic rings. The summed E-state index contributed by atoms with van der Waals surface area (Å²) in [5, 5.41) is 2.30. The number of carbonyl (C=O) groups excluding carboxylic acids is 1. The van der Waals surface area contributed by atoms with Crippen molar-refractivity contribution in [1.82, 2.24) is 5.32 Å². The molecular formula is C10H11F2NO2. The molecule has 0 aliphatic carbocycles. The molecule has 0 aromatic heterocycles. The highest BCUT2D eigenvalue weighted by atomic mass is 19.1. The van der Waals surface area contributed by atoms with E-state index in [1.54, 1.807) is 0 Å². The zero-order valence-corrected chi connectivity index (χ0v) is 8.65. The Morgan fingerprint density at radius 2 is 2.07 bits per heavy atom. The van der Waals surface area contributed by atoms with Gasteiger partial charge in [-0.25, -0.2) is 8.78 Å². The fourth-order valence-corrected chi connectivity index (χ4v) is 1.25. The molecule has 0 fully saturated rings. The Kier molecular flexibility index (Phi) is 3.24. The van der Waals surface area contributed by atoms with Crippen LogP contribution in [0.15, 0.2) is 6.07 Å². The Morgan fingerprint density at radius 1 is 1.47 bits per heavy atom. The van der Waals surface area contributed by atoms with E-state index in [4.69, 9.17) is 0 Å². The third kappa shape index (κ3) is 1.91. The van der Waals surface area contributed by atoms with Gasteiger partial charge < -0.3 is 10.1 Å². The first kappa shape index (κ1) is 11.4. The maximum Gasteiger partial charge on any atom is 0.251 e. The zero-order valence-electron chi connectivity index (χ0n) is 8.65. The van der Waals surface area contributed by atoms with Crippen LogP contribution in [0.1, 0.15) is 15.9 Å². The highest BCUT2D eigenvalue weighted by Crippen LogP contribution is 2.26. The number of halogens is 2. The number of methoxy groups -OCH3 is 1. The van der Waals surface area contributed by atoms with E-state index in [1.807, 2.05) is 0 Å². The van der Waals surface area contributed by atoms with Crippen molar-refractivity contribution in [1.29, 1.82) is 0 Å². The van der Waals surface area contributed by atoms with Gasteiger partial charge in [0.05, 0.1) is 7.11 Å². The Balaban J connectivity index is 3.40. The second kappa shape index (κ2) is 4.25. The summed E-state index contributed by atoms with van der Waals surface area (Å²) in [5.74, 6) is -2.75. The normalized spacial score (nSPS) is 9.93. The summed E-state index contributed by atoms with van der Waals surface area (Å²) in [5.41, 5.74) is 0.0286. The number of nitrogens with one attached hydrogen (secondary N) is 1. The van der Waals surface area contributed by atoms with Crippen LogP contribution in [0.3, 0.4) is 0 Å². The smallest absolute Gasteiger partial charge is 0.251 e. The second-order valence-electron chi connectivity index (χ2n) is 2.96. The van der Waals surface area contributed by atoms with E-state index in [1.165, 1.54) is 21.1 Å². The SMILES string of the molecule is CNC(=O)c1cc(F)c(OC)c(F)c1C. The van der Waals surface area contributed by atoms with Crippen molar-refractivity contribution >= 4 is 5.91 Å². The summed E-state index contributed by atoms with van der Waals surface area (Å²) in [4.78, 5) is 11.3. The van der Waals surface area contributed by atoms with Crippen molar-refractivity contribution in [3.8, 4) is 5.75 Å². The molecule has 1 amide bonds. The van der Waals surface area contributed by atoms with Crippen molar-refractivity contribution < 1.29 is 18.3 Å². The lowest BCUT2D eigenvalue weighted by molar-refractivity contribution is 0.0961. The van der Waals surface area contributed by atoms with E-state index in [0.717, 1.165) is 6.07 Å². The molecule has 0 spiro atoms. The predicted octanol–water partition coefficient (Wildman–Crippen LogP) is 1.64. The van der Waals surface area contributed by atoms with E-state index in [2.05, 4.69) is 10.1 Å². The van der Waals surface area contributed by atoms with Crippen LogP contribution in [0.2, 0.25) is 0 Å². The molecule has 15 heavy (non-hydrogen) atoms. The average Bonchev–Trinajstić information content (AvgIpc) is 2.23. The molecule has 0 unspecified atom stereocenters. The van der Waals surface area contributed by atoms with Crippen molar-refractivity contribution in [2.24, 2.45) is 0 Å². The Morgan fingerprint density at radius 3 is 2.53 bits per heavy atom. The molecule has 0 heterocycles. The lowest BCUT2D eigenvalue weighted by atomic mass is 10.1. The molecule has 3 nitrogen and oxygen atoms in total. The Bertz CT molecular complexity index is 405. The maximum atomic E-state index is 13.5. The average molecular weight is 215 g/mol. The molecule has 1 aromatic carbocycles. The summed E-state index contributed by atoms with van der Waals surface area (Å²) in [7, 11) is 2.56. The molecule has 1 rings (SSSR count). The topological polar surface area (TPSA) is 38.3 Å². The van der Waals surface area contributed by atoms with Gasteiger partial charge in [-0.1, -0.05) is 0 Å². The van der Waals surface area contributed by atoms with Crippen molar-refractivity contribution in [3.63, 3.8) is 0 Å². The van der Waals surface area contributed by atoms with Crippen LogP contribution in [0.5, 0.6) is 5.75 Å². The van der Waals surface area contributed by atoms with Gasteiger partial charge in [-0.2, -0.15) is 0 Å². The van der Waals surface area contributed by atoms with Crippen LogP contribution >= 0.6 is 0 Å². The summed E-state index contributed by atoms with van der Waals surface area (Å²) in [6.45, 7) is 1.39. The van der Waals surface area contributed by atoms with Gasteiger partial charge in [-0.05, 0) is 13.0 Å². The summed E-state index contributed by atoms with van der Waals surface area (Å²) in [6, 6.07) is 0.954. The lowest BCUT2D eigenvalue weighted by Crippen LogP contribution is -2.20. The number of ether oxygens (including phenoxy) is 1. The highest BCUT2D eigenvalue weighted by molar-refractivity contribution is 5.95. The highest BCUT2D eigenvalue weighted by Gasteiger charge is 2.19. The van der Waals surface area contributed by atoms with Crippen LogP contribution in [0.4, 0.5) is 8.78 Å². The fourth-order valence-electron chi connectivity index (χ4n) is 1.25. The molecule has 0 bridgehead atoms. The van der Waals surface area contributed by atoms with Crippen LogP contribution in [-0.2, 0) is 0 Å². The quantitative estimate of drug-likeness (QED) is 0.814. The van der Waals surface area contributed by atoms with E-state index >= 15 is 0 Å². The minimum absolute atomic E-state index is 0.0340. The van der Waals surface area contributed by atoms with Gasteiger partial charge in [0.25, 0.3) is 5.91 Å². The molecule has 0 radical (unpaired) electrons. The molecule has 5 heteroatoms. The molecule has 0 atom stereocenters. The van der Waals surface area contributed by atoms with Crippen LogP contribution in [0, 0.1) is 18.6 Å². The maximum absolute atomic E-state index is 13.5. The number of carbonyl (C=O) groups is 1. The van der Waals surface area contributed by atoms with Gasteiger partial charge in [-0.3, -0.25) is 4.79 Å². The zero-order chi connectivity index (χ0) is 11.6.